The second kappa shape index (κ2) is 12.6. The van der Waals surface area contributed by atoms with Crippen molar-refractivity contribution in [2.75, 3.05) is 0 Å². The smallest absolute Gasteiger partial charge is 0.0162 e. The summed E-state index contributed by atoms with van der Waals surface area (Å²) in [6, 6.07) is 18.9. The Morgan fingerprint density at radius 1 is 0.606 bits per heavy atom. The van der Waals surface area contributed by atoms with Crippen molar-refractivity contribution in [1.29, 1.82) is 0 Å². The highest BCUT2D eigenvalue weighted by atomic mass is 14.3. The van der Waals surface area contributed by atoms with E-state index in [1.54, 1.807) is 11.1 Å². The molecule has 0 heteroatoms. The molecular weight excluding hydrogens is 396 g/mol. The summed E-state index contributed by atoms with van der Waals surface area (Å²) < 4.78 is 0. The second-order valence-corrected chi connectivity index (χ2v) is 10.9. The third-order valence-corrected chi connectivity index (χ3v) is 8.50. The van der Waals surface area contributed by atoms with Crippen LogP contribution in [0.15, 0.2) is 54.6 Å². The first-order chi connectivity index (χ1) is 16.3. The highest BCUT2D eigenvalue weighted by molar-refractivity contribution is 5.71. The van der Waals surface area contributed by atoms with Gasteiger partial charge in [-0.2, -0.15) is 0 Å². The van der Waals surface area contributed by atoms with Crippen LogP contribution in [0.1, 0.15) is 121 Å². The van der Waals surface area contributed by atoms with Gasteiger partial charge in [0.15, 0.2) is 0 Å². The van der Waals surface area contributed by atoms with Crippen molar-refractivity contribution in [2.45, 2.75) is 110 Å². The minimum absolute atomic E-state index is 0.781. The van der Waals surface area contributed by atoms with Gasteiger partial charge in [0.05, 0.1) is 0 Å². The van der Waals surface area contributed by atoms with E-state index in [2.05, 4.69) is 68.5 Å². The van der Waals surface area contributed by atoms with Crippen LogP contribution in [-0.4, -0.2) is 0 Å². The van der Waals surface area contributed by atoms with Crippen molar-refractivity contribution in [3.8, 4) is 11.1 Å². The zero-order chi connectivity index (χ0) is 22.9. The van der Waals surface area contributed by atoms with Crippen molar-refractivity contribution in [3.05, 3.63) is 65.7 Å². The first-order valence-corrected chi connectivity index (χ1v) is 14.2. The van der Waals surface area contributed by atoms with Crippen LogP contribution in [0, 0.1) is 11.8 Å². The summed E-state index contributed by atoms with van der Waals surface area (Å²) in [7, 11) is 0. The fourth-order valence-corrected chi connectivity index (χ4v) is 6.29. The Bertz CT molecular complexity index is 846. The maximum atomic E-state index is 2.53. The Morgan fingerprint density at radius 2 is 1.27 bits per heavy atom. The largest absolute Gasteiger partial charge is 0.0804 e. The maximum Gasteiger partial charge on any atom is -0.0162 e. The lowest BCUT2D eigenvalue weighted by Gasteiger charge is -2.28. The molecule has 0 spiro atoms. The Labute approximate surface area is 203 Å². The molecule has 2 aliphatic rings. The molecule has 1 atom stereocenters. The highest BCUT2D eigenvalue weighted by Gasteiger charge is 2.21. The number of rotatable bonds is 10. The van der Waals surface area contributed by atoms with Gasteiger partial charge in [-0.1, -0.05) is 113 Å². The molecule has 0 radical (unpaired) electrons. The van der Waals surface area contributed by atoms with E-state index in [9.17, 15) is 0 Å². The SMILES string of the molecule is CCCCCCC1CC=C(c2ccc(-c3ccc(C4CCC(CCC)CC4)cc3)cc2)CC1. The predicted molar refractivity (Wildman–Crippen MR) is 146 cm³/mol. The van der Waals surface area contributed by atoms with E-state index in [0.717, 1.165) is 17.8 Å². The molecule has 2 aliphatic carbocycles. The minimum atomic E-state index is 0.781. The topological polar surface area (TPSA) is 0 Å². The van der Waals surface area contributed by atoms with Crippen LogP contribution >= 0.6 is 0 Å². The molecular formula is C33H46. The monoisotopic (exact) mass is 442 g/mol. The van der Waals surface area contributed by atoms with Gasteiger partial charge in [-0.15, -0.1) is 0 Å². The van der Waals surface area contributed by atoms with Crippen molar-refractivity contribution in [3.63, 3.8) is 0 Å². The number of unbranched alkanes of at least 4 members (excludes halogenated alkanes) is 3. The average Bonchev–Trinajstić information content (AvgIpc) is 2.88. The molecule has 4 rings (SSSR count). The van der Waals surface area contributed by atoms with Crippen LogP contribution in [0.25, 0.3) is 16.7 Å². The van der Waals surface area contributed by atoms with Crippen molar-refractivity contribution >= 4 is 5.57 Å². The molecule has 0 heterocycles. The quantitative estimate of drug-likeness (QED) is 0.321. The van der Waals surface area contributed by atoms with Crippen LogP contribution in [-0.2, 0) is 0 Å². The molecule has 1 unspecified atom stereocenters. The maximum absolute atomic E-state index is 2.53. The van der Waals surface area contributed by atoms with E-state index in [1.165, 1.54) is 107 Å². The minimum Gasteiger partial charge on any atom is -0.0804 e. The Balaban J connectivity index is 1.30. The molecule has 2 aromatic rings. The van der Waals surface area contributed by atoms with E-state index in [1.807, 2.05) is 0 Å². The van der Waals surface area contributed by atoms with Crippen LogP contribution in [0.4, 0.5) is 0 Å². The first-order valence-electron chi connectivity index (χ1n) is 14.2. The molecule has 0 aromatic heterocycles. The molecule has 0 N–H and O–H groups in total. The summed E-state index contributed by atoms with van der Waals surface area (Å²) in [5.74, 6) is 2.69. The summed E-state index contributed by atoms with van der Waals surface area (Å²) in [5.41, 5.74) is 7.27. The van der Waals surface area contributed by atoms with Crippen molar-refractivity contribution in [1.82, 2.24) is 0 Å². The first kappa shape index (κ1) is 24.3. The van der Waals surface area contributed by atoms with E-state index in [0.29, 0.717) is 0 Å². The summed E-state index contributed by atoms with van der Waals surface area (Å²) in [4.78, 5) is 0. The lowest BCUT2D eigenvalue weighted by molar-refractivity contribution is 0.308. The summed E-state index contributed by atoms with van der Waals surface area (Å²) in [6.45, 7) is 4.63. The van der Waals surface area contributed by atoms with E-state index >= 15 is 0 Å². The predicted octanol–water partition coefficient (Wildman–Crippen LogP) is 10.6. The molecule has 1 saturated carbocycles. The van der Waals surface area contributed by atoms with Crippen LogP contribution in [0.3, 0.4) is 0 Å². The third-order valence-electron chi connectivity index (χ3n) is 8.50. The zero-order valence-corrected chi connectivity index (χ0v) is 21.3. The lowest BCUT2D eigenvalue weighted by atomic mass is 9.77. The van der Waals surface area contributed by atoms with Crippen LogP contribution in [0.2, 0.25) is 0 Å². The van der Waals surface area contributed by atoms with Crippen molar-refractivity contribution in [2.24, 2.45) is 11.8 Å². The average molecular weight is 443 g/mol. The van der Waals surface area contributed by atoms with Gasteiger partial charge in [0, 0.05) is 0 Å². The van der Waals surface area contributed by atoms with Gasteiger partial charge in [-0.3, -0.25) is 0 Å². The van der Waals surface area contributed by atoms with Gasteiger partial charge in [-0.05, 0) is 90.5 Å². The van der Waals surface area contributed by atoms with Crippen LogP contribution < -0.4 is 0 Å². The molecule has 0 saturated heterocycles. The summed E-state index contributed by atoms with van der Waals surface area (Å²) in [5, 5.41) is 0. The van der Waals surface area contributed by atoms with Crippen molar-refractivity contribution < 1.29 is 0 Å². The van der Waals surface area contributed by atoms with E-state index in [-0.39, 0.29) is 0 Å². The van der Waals surface area contributed by atoms with E-state index in [4.69, 9.17) is 0 Å². The Morgan fingerprint density at radius 3 is 1.88 bits per heavy atom. The highest BCUT2D eigenvalue weighted by Crippen LogP contribution is 2.38. The Hall–Kier alpha value is -1.82. The molecule has 2 aromatic carbocycles. The lowest BCUT2D eigenvalue weighted by Crippen LogP contribution is -2.13. The number of allylic oxidation sites excluding steroid dienone is 2. The molecule has 0 bridgehead atoms. The number of hydrogen-bond acceptors (Lipinski definition) is 0. The van der Waals surface area contributed by atoms with Gasteiger partial charge in [0.1, 0.15) is 0 Å². The summed E-state index contributed by atoms with van der Waals surface area (Å²) in [6.07, 6.45) is 21.9. The van der Waals surface area contributed by atoms with Gasteiger partial charge < -0.3 is 0 Å². The molecule has 1 fully saturated rings. The third kappa shape index (κ3) is 6.84. The van der Waals surface area contributed by atoms with E-state index < -0.39 is 0 Å². The second-order valence-electron chi connectivity index (χ2n) is 10.9. The van der Waals surface area contributed by atoms with Crippen LogP contribution in [0.5, 0.6) is 0 Å². The normalized spacial score (nSPS) is 23.3. The fraction of sp³-hybridized carbons (Fsp3) is 0.576. The molecule has 0 nitrogen and oxygen atoms in total. The number of hydrogen-bond donors (Lipinski definition) is 0. The summed E-state index contributed by atoms with van der Waals surface area (Å²) >= 11 is 0. The zero-order valence-electron chi connectivity index (χ0n) is 21.3. The molecule has 0 aliphatic heterocycles. The van der Waals surface area contributed by atoms with Gasteiger partial charge in [0.25, 0.3) is 0 Å². The fourth-order valence-electron chi connectivity index (χ4n) is 6.29. The molecule has 178 valence electrons. The van der Waals surface area contributed by atoms with Gasteiger partial charge >= 0.3 is 0 Å². The molecule has 0 amide bonds. The van der Waals surface area contributed by atoms with Gasteiger partial charge in [0.2, 0.25) is 0 Å². The molecule has 33 heavy (non-hydrogen) atoms. The van der Waals surface area contributed by atoms with Gasteiger partial charge in [-0.25, -0.2) is 0 Å². The Kier molecular flexibility index (Phi) is 9.27. The standard InChI is InChI=1S/C33H46/c1-3-5-6-7-9-27-12-16-29(17-13-27)31-20-24-33(25-21-31)32-22-18-30(19-23-32)28-14-10-26(8-4-2)11-15-28/h16,18-28H,3-15,17H2,1-2H3. The number of benzene rings is 2.